The minimum Gasteiger partial charge on any atom is -0.357 e. The van der Waals surface area contributed by atoms with Gasteiger partial charge in [0.05, 0.1) is 5.69 Å². The Morgan fingerprint density at radius 1 is 1.44 bits per heavy atom. The topological polar surface area (TPSA) is 66.9 Å². The average molecular weight is 222 g/mol. The first-order valence-electron chi connectivity index (χ1n) is 5.47. The van der Waals surface area contributed by atoms with Crippen molar-refractivity contribution in [3.63, 3.8) is 0 Å². The highest BCUT2D eigenvalue weighted by Crippen LogP contribution is 2.07. The van der Waals surface area contributed by atoms with Crippen LogP contribution in [0.25, 0.3) is 0 Å². The third kappa shape index (κ3) is 3.49. The zero-order valence-corrected chi connectivity index (χ0v) is 9.95. The van der Waals surface area contributed by atoms with Crippen molar-refractivity contribution in [1.82, 2.24) is 15.3 Å². The van der Waals surface area contributed by atoms with Gasteiger partial charge in [-0.25, -0.2) is 4.98 Å². The number of amides is 1. The molecule has 0 aliphatic heterocycles. The van der Waals surface area contributed by atoms with Crippen LogP contribution in [0.3, 0.4) is 0 Å². The van der Waals surface area contributed by atoms with E-state index in [1.807, 2.05) is 13.8 Å². The van der Waals surface area contributed by atoms with Gasteiger partial charge in [-0.05, 0) is 20.3 Å². The first-order valence-corrected chi connectivity index (χ1v) is 5.47. The number of nitrogens with zero attached hydrogens (tertiary/aromatic N) is 2. The van der Waals surface area contributed by atoms with Gasteiger partial charge in [-0.15, -0.1) is 0 Å². The molecule has 88 valence electrons. The number of carbonyl (C=O) groups is 1. The Labute approximate surface area is 95.7 Å². The van der Waals surface area contributed by atoms with Crippen molar-refractivity contribution < 1.29 is 4.79 Å². The number of aromatic nitrogens is 2. The molecular weight excluding hydrogens is 204 g/mol. The summed E-state index contributed by atoms with van der Waals surface area (Å²) in [5, 5.41) is 5.86. The standard InChI is InChI=1S/C11H18N4O/c1-4-5-14-11(16)9(3)15-10-8(2)12-6-7-13-10/h6-7,9H,4-5H2,1-3H3,(H,13,15)(H,14,16). The third-order valence-corrected chi connectivity index (χ3v) is 2.18. The monoisotopic (exact) mass is 222 g/mol. The van der Waals surface area contributed by atoms with Crippen molar-refractivity contribution in [3.8, 4) is 0 Å². The third-order valence-electron chi connectivity index (χ3n) is 2.18. The van der Waals surface area contributed by atoms with Crippen LogP contribution in [0.4, 0.5) is 5.82 Å². The first kappa shape index (κ1) is 12.4. The van der Waals surface area contributed by atoms with Gasteiger partial charge in [0.15, 0.2) is 0 Å². The van der Waals surface area contributed by atoms with Gasteiger partial charge in [0.1, 0.15) is 11.9 Å². The Hall–Kier alpha value is -1.65. The molecule has 0 saturated heterocycles. The summed E-state index contributed by atoms with van der Waals surface area (Å²) in [6, 6.07) is -0.304. The van der Waals surface area contributed by atoms with E-state index >= 15 is 0 Å². The minimum absolute atomic E-state index is 0.0214. The minimum atomic E-state index is -0.304. The van der Waals surface area contributed by atoms with Crippen LogP contribution in [0.1, 0.15) is 26.0 Å². The van der Waals surface area contributed by atoms with Crippen LogP contribution in [-0.4, -0.2) is 28.5 Å². The van der Waals surface area contributed by atoms with Crippen LogP contribution in [0.15, 0.2) is 12.4 Å². The van der Waals surface area contributed by atoms with E-state index in [9.17, 15) is 4.79 Å². The molecule has 0 spiro atoms. The normalized spacial score (nSPS) is 11.9. The molecule has 5 heteroatoms. The number of nitrogens with one attached hydrogen (secondary N) is 2. The van der Waals surface area contributed by atoms with E-state index < -0.39 is 0 Å². The van der Waals surface area contributed by atoms with E-state index in [-0.39, 0.29) is 11.9 Å². The predicted molar refractivity (Wildman–Crippen MR) is 63.2 cm³/mol. The maximum absolute atomic E-state index is 11.6. The van der Waals surface area contributed by atoms with Gasteiger partial charge in [0.2, 0.25) is 5.91 Å². The average Bonchev–Trinajstić information content (AvgIpc) is 2.28. The maximum Gasteiger partial charge on any atom is 0.242 e. The summed E-state index contributed by atoms with van der Waals surface area (Å²) >= 11 is 0. The van der Waals surface area contributed by atoms with Crippen LogP contribution in [0.5, 0.6) is 0 Å². The summed E-state index contributed by atoms with van der Waals surface area (Å²) in [7, 11) is 0. The highest BCUT2D eigenvalue weighted by Gasteiger charge is 2.13. The first-order chi connectivity index (χ1) is 7.65. The smallest absolute Gasteiger partial charge is 0.242 e. The number of aryl methyl sites for hydroxylation is 1. The molecule has 1 amide bonds. The maximum atomic E-state index is 11.6. The lowest BCUT2D eigenvalue weighted by atomic mass is 10.3. The number of carbonyl (C=O) groups excluding carboxylic acids is 1. The SMILES string of the molecule is CCCNC(=O)C(C)Nc1nccnc1C. The zero-order chi connectivity index (χ0) is 12.0. The molecule has 5 nitrogen and oxygen atoms in total. The fourth-order valence-corrected chi connectivity index (χ4v) is 1.22. The largest absolute Gasteiger partial charge is 0.357 e. The van der Waals surface area contributed by atoms with Crippen LogP contribution in [-0.2, 0) is 4.79 Å². The van der Waals surface area contributed by atoms with E-state index in [1.165, 1.54) is 0 Å². The van der Waals surface area contributed by atoms with Crippen molar-refractivity contribution in [2.75, 3.05) is 11.9 Å². The van der Waals surface area contributed by atoms with E-state index in [0.29, 0.717) is 12.4 Å². The molecule has 0 saturated carbocycles. The molecule has 0 aromatic carbocycles. The van der Waals surface area contributed by atoms with Crippen LogP contribution < -0.4 is 10.6 Å². The molecule has 0 fully saturated rings. The molecule has 16 heavy (non-hydrogen) atoms. The molecule has 1 aromatic rings. The lowest BCUT2D eigenvalue weighted by Crippen LogP contribution is -2.38. The summed E-state index contributed by atoms with van der Waals surface area (Å²) in [6.07, 6.45) is 4.16. The summed E-state index contributed by atoms with van der Waals surface area (Å²) in [5.41, 5.74) is 0.789. The molecule has 0 radical (unpaired) electrons. The molecule has 1 atom stereocenters. The Morgan fingerprint density at radius 3 is 2.75 bits per heavy atom. The summed E-state index contributed by atoms with van der Waals surface area (Å²) < 4.78 is 0. The van der Waals surface area contributed by atoms with Crippen molar-refractivity contribution in [3.05, 3.63) is 18.1 Å². The number of hydrogen-bond donors (Lipinski definition) is 2. The van der Waals surface area contributed by atoms with E-state index in [0.717, 1.165) is 12.1 Å². The highest BCUT2D eigenvalue weighted by atomic mass is 16.2. The Morgan fingerprint density at radius 2 is 2.12 bits per heavy atom. The van der Waals surface area contributed by atoms with Gasteiger partial charge in [-0.3, -0.25) is 9.78 Å². The van der Waals surface area contributed by atoms with Crippen LogP contribution in [0, 0.1) is 6.92 Å². The molecule has 0 aliphatic rings. The Kier molecular flexibility index (Phi) is 4.69. The lowest BCUT2D eigenvalue weighted by Gasteiger charge is -2.14. The fourth-order valence-electron chi connectivity index (χ4n) is 1.22. The Bertz CT molecular complexity index is 354. The van der Waals surface area contributed by atoms with Crippen LogP contribution >= 0.6 is 0 Å². The molecule has 1 rings (SSSR count). The second-order valence-electron chi connectivity index (χ2n) is 3.65. The molecule has 1 unspecified atom stereocenters. The Balaban J connectivity index is 2.54. The molecule has 1 aromatic heterocycles. The van der Waals surface area contributed by atoms with Crippen molar-refractivity contribution in [2.24, 2.45) is 0 Å². The number of anilines is 1. The van der Waals surface area contributed by atoms with Gasteiger partial charge >= 0.3 is 0 Å². The van der Waals surface area contributed by atoms with E-state index in [1.54, 1.807) is 19.3 Å². The van der Waals surface area contributed by atoms with Crippen molar-refractivity contribution in [1.29, 1.82) is 0 Å². The van der Waals surface area contributed by atoms with Gasteiger partial charge < -0.3 is 10.6 Å². The second-order valence-corrected chi connectivity index (χ2v) is 3.65. The van der Waals surface area contributed by atoms with Gasteiger partial charge in [-0.1, -0.05) is 6.92 Å². The van der Waals surface area contributed by atoms with E-state index in [2.05, 4.69) is 20.6 Å². The zero-order valence-electron chi connectivity index (χ0n) is 9.95. The summed E-state index contributed by atoms with van der Waals surface area (Å²) in [4.78, 5) is 19.8. The quantitative estimate of drug-likeness (QED) is 0.783. The molecule has 2 N–H and O–H groups in total. The predicted octanol–water partition coefficient (Wildman–Crippen LogP) is 1.11. The molecule has 1 heterocycles. The van der Waals surface area contributed by atoms with E-state index in [4.69, 9.17) is 0 Å². The van der Waals surface area contributed by atoms with Crippen molar-refractivity contribution in [2.45, 2.75) is 33.2 Å². The van der Waals surface area contributed by atoms with Crippen LogP contribution in [0.2, 0.25) is 0 Å². The lowest BCUT2D eigenvalue weighted by molar-refractivity contribution is -0.121. The van der Waals surface area contributed by atoms with Gasteiger partial charge in [0, 0.05) is 18.9 Å². The van der Waals surface area contributed by atoms with Gasteiger partial charge in [0.25, 0.3) is 0 Å². The molecular formula is C11H18N4O. The fraction of sp³-hybridized carbons (Fsp3) is 0.545. The molecule has 0 aliphatic carbocycles. The summed E-state index contributed by atoms with van der Waals surface area (Å²) in [6.45, 7) is 6.38. The van der Waals surface area contributed by atoms with Crippen molar-refractivity contribution >= 4 is 11.7 Å². The number of rotatable bonds is 5. The van der Waals surface area contributed by atoms with Gasteiger partial charge in [-0.2, -0.15) is 0 Å². The highest BCUT2D eigenvalue weighted by molar-refractivity contribution is 5.83. The molecule has 0 bridgehead atoms. The second kappa shape index (κ2) is 6.05. The number of hydrogen-bond acceptors (Lipinski definition) is 4. The summed E-state index contributed by atoms with van der Waals surface area (Å²) in [5.74, 6) is 0.633.